The van der Waals surface area contributed by atoms with Gasteiger partial charge in [-0.25, -0.2) is 9.97 Å². The summed E-state index contributed by atoms with van der Waals surface area (Å²) >= 11 is 6.52. The van der Waals surface area contributed by atoms with E-state index in [0.717, 1.165) is 43.3 Å². The molecule has 1 fully saturated rings. The number of allylic oxidation sites excluding steroid dienone is 1. The Morgan fingerprint density at radius 3 is 2.82 bits per heavy atom. The molecule has 8 nitrogen and oxygen atoms in total. The van der Waals surface area contributed by atoms with Crippen molar-refractivity contribution in [2.45, 2.75) is 25.8 Å². The fraction of sp³-hybridized carbons (Fsp3) is 0.375. The predicted molar refractivity (Wildman–Crippen MR) is 131 cm³/mol. The van der Waals surface area contributed by atoms with Crippen LogP contribution >= 0.6 is 11.6 Å². The molecular weight excluding hydrogens is 440 g/mol. The maximum atomic E-state index is 11.9. The van der Waals surface area contributed by atoms with E-state index in [9.17, 15) is 4.79 Å². The van der Waals surface area contributed by atoms with Gasteiger partial charge in [0.15, 0.2) is 5.65 Å². The number of pyridine rings is 1. The smallest absolute Gasteiger partial charge is 0.222 e. The zero-order chi connectivity index (χ0) is 22.9. The quantitative estimate of drug-likeness (QED) is 0.495. The number of imidazole rings is 1. The molecule has 1 aromatic carbocycles. The van der Waals surface area contributed by atoms with Crippen molar-refractivity contribution in [2.75, 3.05) is 36.5 Å². The van der Waals surface area contributed by atoms with Crippen LogP contribution in [-0.2, 0) is 9.53 Å². The molecule has 9 heteroatoms. The molecule has 2 aliphatic rings. The summed E-state index contributed by atoms with van der Waals surface area (Å²) < 4.78 is 5.46. The SMILES string of the molecule is Cc1cc(N2CCOCC2)ccc1-c1nc2ncc(Cl)c(N[C@@H]3CC=CC[C@@H]3C(N)=O)c2[nH]1. The van der Waals surface area contributed by atoms with Crippen molar-refractivity contribution < 1.29 is 9.53 Å². The lowest BCUT2D eigenvalue weighted by Crippen LogP contribution is -2.39. The van der Waals surface area contributed by atoms with Crippen LogP contribution in [0.4, 0.5) is 11.4 Å². The molecule has 5 rings (SSSR count). The fourth-order valence-electron chi connectivity index (χ4n) is 4.61. The second-order valence-electron chi connectivity index (χ2n) is 8.57. The second kappa shape index (κ2) is 9.03. The van der Waals surface area contributed by atoms with E-state index in [1.54, 1.807) is 6.20 Å². The number of aryl methyl sites for hydroxylation is 1. The molecule has 33 heavy (non-hydrogen) atoms. The molecule has 172 valence electrons. The third-order valence-corrected chi connectivity index (χ3v) is 6.73. The molecule has 1 aliphatic heterocycles. The minimum absolute atomic E-state index is 0.142. The third kappa shape index (κ3) is 4.28. The van der Waals surface area contributed by atoms with E-state index in [4.69, 9.17) is 27.1 Å². The van der Waals surface area contributed by atoms with Gasteiger partial charge in [0, 0.05) is 30.4 Å². The van der Waals surface area contributed by atoms with E-state index >= 15 is 0 Å². The summed E-state index contributed by atoms with van der Waals surface area (Å²) in [4.78, 5) is 26.8. The van der Waals surface area contributed by atoms with Crippen LogP contribution in [0.5, 0.6) is 0 Å². The molecule has 0 saturated carbocycles. The number of nitrogens with one attached hydrogen (secondary N) is 2. The van der Waals surface area contributed by atoms with Gasteiger partial charge in [0.1, 0.15) is 11.3 Å². The number of rotatable bonds is 5. The zero-order valence-corrected chi connectivity index (χ0v) is 19.2. The average molecular weight is 467 g/mol. The minimum atomic E-state index is -0.320. The summed E-state index contributed by atoms with van der Waals surface area (Å²) in [6.45, 7) is 5.37. The van der Waals surface area contributed by atoms with Crippen molar-refractivity contribution in [3.63, 3.8) is 0 Å². The minimum Gasteiger partial charge on any atom is -0.378 e. The number of benzene rings is 1. The van der Waals surface area contributed by atoms with Gasteiger partial charge >= 0.3 is 0 Å². The Kier molecular flexibility index (Phi) is 5.95. The van der Waals surface area contributed by atoms with E-state index in [2.05, 4.69) is 51.4 Å². The first-order valence-electron chi connectivity index (χ1n) is 11.2. The number of anilines is 2. The van der Waals surface area contributed by atoms with Crippen LogP contribution in [0, 0.1) is 12.8 Å². The van der Waals surface area contributed by atoms with Gasteiger partial charge in [-0.05, 0) is 43.5 Å². The number of carbonyl (C=O) groups is 1. The van der Waals surface area contributed by atoms with Crippen LogP contribution < -0.4 is 16.0 Å². The first-order chi connectivity index (χ1) is 16.0. The van der Waals surface area contributed by atoms with Gasteiger partial charge in [-0.15, -0.1) is 0 Å². The number of hydrogen-bond acceptors (Lipinski definition) is 6. The lowest BCUT2D eigenvalue weighted by molar-refractivity contribution is -0.122. The molecule has 1 amide bonds. The number of nitrogens with zero attached hydrogens (tertiary/aromatic N) is 3. The summed E-state index contributed by atoms with van der Waals surface area (Å²) in [7, 11) is 0. The second-order valence-corrected chi connectivity index (χ2v) is 8.97. The number of carbonyl (C=O) groups excluding carboxylic acids is 1. The highest BCUT2D eigenvalue weighted by Gasteiger charge is 2.28. The molecule has 3 aromatic rings. The molecule has 4 N–H and O–H groups in total. The monoisotopic (exact) mass is 466 g/mol. The van der Waals surface area contributed by atoms with E-state index < -0.39 is 0 Å². The Balaban J connectivity index is 1.48. The number of morpholine rings is 1. The van der Waals surface area contributed by atoms with Crippen molar-refractivity contribution in [3.8, 4) is 11.4 Å². The highest BCUT2D eigenvalue weighted by Crippen LogP contribution is 2.34. The predicted octanol–water partition coefficient (Wildman–Crippen LogP) is 3.66. The van der Waals surface area contributed by atoms with Gasteiger partial charge in [-0.3, -0.25) is 4.79 Å². The lowest BCUT2D eigenvalue weighted by atomic mass is 9.88. The Bertz CT molecular complexity index is 1220. The number of nitrogens with two attached hydrogens (primary N) is 1. The largest absolute Gasteiger partial charge is 0.378 e. The van der Waals surface area contributed by atoms with Crippen molar-refractivity contribution in [1.82, 2.24) is 15.0 Å². The van der Waals surface area contributed by atoms with Gasteiger partial charge in [0.05, 0.1) is 36.0 Å². The summed E-state index contributed by atoms with van der Waals surface area (Å²) in [5.74, 6) is 0.107. The van der Waals surface area contributed by atoms with Crippen LogP contribution in [0.25, 0.3) is 22.6 Å². The van der Waals surface area contributed by atoms with Gasteiger partial charge in [-0.2, -0.15) is 0 Å². The van der Waals surface area contributed by atoms with E-state index in [1.807, 2.05) is 6.08 Å². The van der Waals surface area contributed by atoms with E-state index in [-0.39, 0.29) is 17.9 Å². The summed E-state index contributed by atoms with van der Waals surface area (Å²) in [5.41, 5.74) is 10.9. The molecule has 1 aliphatic carbocycles. The summed E-state index contributed by atoms with van der Waals surface area (Å²) in [6.07, 6.45) is 6.94. The van der Waals surface area contributed by atoms with Gasteiger partial charge in [0.2, 0.25) is 5.91 Å². The number of ether oxygens (including phenoxy) is 1. The number of aromatic nitrogens is 3. The molecular formula is C24H27ClN6O2. The maximum Gasteiger partial charge on any atom is 0.222 e. The van der Waals surface area contributed by atoms with Crippen molar-refractivity contribution in [2.24, 2.45) is 11.7 Å². The number of amides is 1. The Morgan fingerprint density at radius 2 is 2.06 bits per heavy atom. The maximum absolute atomic E-state index is 11.9. The standard InChI is InChI=1S/C24H27ClN6O2/c1-14-12-15(31-8-10-33-11-9-31)6-7-16(14)23-29-21-20(18(25)13-27-24(21)30-23)28-19-5-3-2-4-17(19)22(26)32/h2-3,6-7,12-13,17,19H,4-5,8-11H2,1H3,(H2,26,32)(H2,27,28,29,30)/t17-,19+/m0/s1. The van der Waals surface area contributed by atoms with Gasteiger partial charge in [0.25, 0.3) is 0 Å². The number of hydrogen-bond donors (Lipinski definition) is 3. The van der Waals surface area contributed by atoms with Crippen LogP contribution in [-0.4, -0.2) is 53.2 Å². The van der Waals surface area contributed by atoms with Crippen LogP contribution in [0.1, 0.15) is 18.4 Å². The first-order valence-corrected chi connectivity index (χ1v) is 11.6. The lowest BCUT2D eigenvalue weighted by Gasteiger charge is -2.29. The van der Waals surface area contributed by atoms with Crippen LogP contribution in [0.15, 0.2) is 36.5 Å². The van der Waals surface area contributed by atoms with E-state index in [0.29, 0.717) is 34.7 Å². The highest BCUT2D eigenvalue weighted by molar-refractivity contribution is 6.34. The van der Waals surface area contributed by atoms with Crippen molar-refractivity contribution in [1.29, 1.82) is 0 Å². The Hall–Kier alpha value is -3.10. The summed E-state index contributed by atoms with van der Waals surface area (Å²) in [6, 6.07) is 6.24. The molecule has 2 aromatic heterocycles. The number of fused-ring (bicyclic) bond motifs is 1. The van der Waals surface area contributed by atoms with Crippen LogP contribution in [0.2, 0.25) is 5.02 Å². The molecule has 0 unspecified atom stereocenters. The van der Waals surface area contributed by atoms with Crippen molar-refractivity contribution >= 4 is 40.0 Å². The number of H-pyrrole nitrogens is 1. The molecule has 3 heterocycles. The fourth-order valence-corrected chi connectivity index (χ4v) is 4.81. The van der Waals surface area contributed by atoms with Gasteiger partial charge in [-0.1, -0.05) is 23.8 Å². The number of aromatic amines is 1. The third-order valence-electron chi connectivity index (χ3n) is 6.44. The average Bonchev–Trinajstić information content (AvgIpc) is 3.26. The van der Waals surface area contributed by atoms with Crippen molar-refractivity contribution in [3.05, 3.63) is 47.1 Å². The van der Waals surface area contributed by atoms with Crippen LogP contribution in [0.3, 0.4) is 0 Å². The zero-order valence-electron chi connectivity index (χ0n) is 18.5. The molecule has 2 atom stereocenters. The van der Waals surface area contributed by atoms with E-state index in [1.165, 1.54) is 5.69 Å². The summed E-state index contributed by atoms with van der Waals surface area (Å²) in [5, 5.41) is 3.91. The number of halogens is 1. The topological polar surface area (TPSA) is 109 Å². The first kappa shape index (κ1) is 21.7. The molecule has 0 bridgehead atoms. The van der Waals surface area contributed by atoms with Gasteiger partial charge < -0.3 is 25.7 Å². The Labute approximate surface area is 197 Å². The molecule has 0 radical (unpaired) electrons. The molecule has 0 spiro atoms. The highest BCUT2D eigenvalue weighted by atomic mass is 35.5. The Morgan fingerprint density at radius 1 is 1.27 bits per heavy atom. The molecule has 1 saturated heterocycles. The number of primary amides is 1. The normalized spacial score (nSPS) is 20.8.